The van der Waals surface area contributed by atoms with Gasteiger partial charge in [-0.2, -0.15) is 0 Å². The van der Waals surface area contributed by atoms with E-state index in [2.05, 4.69) is 39.5 Å². The molecule has 33 heavy (non-hydrogen) atoms. The Morgan fingerprint density at radius 3 is 1.12 bits per heavy atom. The molecule has 2 heteroatoms. The molecule has 0 aromatic rings. The third-order valence-electron chi connectivity index (χ3n) is 7.00. The normalized spacial score (nSPS) is 11.8. The molecule has 0 aromatic carbocycles. The zero-order valence-electron chi connectivity index (χ0n) is 23.8. The Hall–Kier alpha value is -0.530. The molecule has 0 saturated heterocycles. The molecule has 0 aromatic heterocycles. The first-order chi connectivity index (χ1) is 15.9. The molecule has 0 fully saturated rings. The number of amides is 1. The molecule has 0 N–H and O–H groups in total. The lowest BCUT2D eigenvalue weighted by molar-refractivity contribution is -0.132. The van der Waals surface area contributed by atoms with Crippen LogP contribution in [0.2, 0.25) is 0 Å². The summed E-state index contributed by atoms with van der Waals surface area (Å²) in [5.74, 6) is 0.400. The molecule has 0 aliphatic rings. The number of hydrogen-bond donors (Lipinski definition) is 0. The number of rotatable bonds is 24. The average molecular weight is 466 g/mol. The minimum atomic E-state index is 0.246. The summed E-state index contributed by atoms with van der Waals surface area (Å²) >= 11 is 0. The lowest BCUT2D eigenvalue weighted by Crippen LogP contribution is -2.33. The maximum absolute atomic E-state index is 12.9. The van der Waals surface area contributed by atoms with Gasteiger partial charge in [0.05, 0.1) is 0 Å². The lowest BCUT2D eigenvalue weighted by Gasteiger charge is -2.25. The summed E-state index contributed by atoms with van der Waals surface area (Å²) in [4.78, 5) is 15.1. The average Bonchev–Trinajstić information content (AvgIpc) is 2.78. The molecular formula is C31H63NO. The number of hydrogen-bond acceptors (Lipinski definition) is 1. The van der Waals surface area contributed by atoms with Crippen LogP contribution in [-0.2, 0) is 4.79 Å². The van der Waals surface area contributed by atoms with Crippen molar-refractivity contribution in [3.63, 3.8) is 0 Å². The summed E-state index contributed by atoms with van der Waals surface area (Å²) in [5, 5.41) is 0. The van der Waals surface area contributed by atoms with E-state index in [1.165, 1.54) is 128 Å². The lowest BCUT2D eigenvalue weighted by atomic mass is 9.90. The Labute approximate surface area is 210 Å². The quantitative estimate of drug-likeness (QED) is 0.130. The molecule has 0 atom stereocenters. The second kappa shape index (κ2) is 23.2. The van der Waals surface area contributed by atoms with Crippen molar-refractivity contribution in [1.29, 1.82) is 0 Å². The van der Waals surface area contributed by atoms with Crippen molar-refractivity contribution in [3.8, 4) is 0 Å². The van der Waals surface area contributed by atoms with E-state index in [-0.39, 0.29) is 5.41 Å². The molecular weight excluding hydrogens is 402 g/mol. The molecule has 0 spiro atoms. The van der Waals surface area contributed by atoms with Crippen LogP contribution < -0.4 is 0 Å². The van der Waals surface area contributed by atoms with Crippen LogP contribution in [0.4, 0.5) is 0 Å². The summed E-state index contributed by atoms with van der Waals surface area (Å²) in [6.45, 7) is 13.3. The summed E-state index contributed by atoms with van der Waals surface area (Å²) in [7, 11) is 0. The Kier molecular flexibility index (Phi) is 22.9. The zero-order valence-corrected chi connectivity index (χ0v) is 23.8. The first kappa shape index (κ1) is 32.5. The highest BCUT2D eigenvalue weighted by Gasteiger charge is 2.17. The molecule has 0 heterocycles. The number of nitrogens with zero attached hydrogens (tertiary/aromatic N) is 1. The van der Waals surface area contributed by atoms with Gasteiger partial charge in [-0.3, -0.25) is 4.79 Å². The Balaban J connectivity index is 4.01. The Morgan fingerprint density at radius 2 is 0.818 bits per heavy atom. The van der Waals surface area contributed by atoms with Crippen LogP contribution >= 0.6 is 0 Å². The van der Waals surface area contributed by atoms with Crippen molar-refractivity contribution < 1.29 is 4.79 Å². The standard InChI is InChI=1S/C31H63NO/c1-6-8-10-12-14-16-18-20-22-24-28-32(30(33)26-27-31(3,4)5)29-25-23-21-19-17-15-13-11-9-7-2/h6-29H2,1-5H3. The van der Waals surface area contributed by atoms with Crippen LogP contribution in [0.25, 0.3) is 0 Å². The SMILES string of the molecule is CCCCCCCCCCCCN(CCCCCCCCCCCC)C(=O)CCC(C)(C)C. The molecule has 2 nitrogen and oxygen atoms in total. The maximum atomic E-state index is 12.9. The Bertz CT molecular complexity index is 388. The third-order valence-corrected chi connectivity index (χ3v) is 7.00. The second-order valence-electron chi connectivity index (χ2n) is 11.8. The molecule has 1 amide bonds. The van der Waals surface area contributed by atoms with Gasteiger partial charge in [-0.1, -0.05) is 150 Å². The number of carbonyl (C=O) groups is 1. The van der Waals surface area contributed by atoms with Gasteiger partial charge in [-0.05, 0) is 24.7 Å². The highest BCUT2D eigenvalue weighted by molar-refractivity contribution is 5.76. The predicted octanol–water partition coefficient (Wildman–Crippen LogP) is 10.5. The minimum Gasteiger partial charge on any atom is -0.343 e. The van der Waals surface area contributed by atoms with Crippen molar-refractivity contribution >= 4 is 5.91 Å². The van der Waals surface area contributed by atoms with Crippen LogP contribution in [-0.4, -0.2) is 23.9 Å². The largest absolute Gasteiger partial charge is 0.343 e. The summed E-state index contributed by atoms with van der Waals surface area (Å²) < 4.78 is 0. The van der Waals surface area contributed by atoms with E-state index in [1.807, 2.05) is 0 Å². The fourth-order valence-electron chi connectivity index (χ4n) is 4.58. The topological polar surface area (TPSA) is 20.3 Å². The van der Waals surface area contributed by atoms with E-state index < -0.39 is 0 Å². The fraction of sp³-hybridized carbons (Fsp3) is 0.968. The number of carbonyl (C=O) groups excluding carboxylic acids is 1. The fourth-order valence-corrected chi connectivity index (χ4v) is 4.58. The van der Waals surface area contributed by atoms with Gasteiger partial charge in [0, 0.05) is 19.5 Å². The van der Waals surface area contributed by atoms with Crippen LogP contribution in [0, 0.1) is 5.41 Å². The monoisotopic (exact) mass is 465 g/mol. The maximum Gasteiger partial charge on any atom is 0.222 e. The summed E-state index contributed by atoms with van der Waals surface area (Å²) in [6.07, 6.45) is 28.9. The predicted molar refractivity (Wildman–Crippen MR) is 149 cm³/mol. The second-order valence-corrected chi connectivity index (χ2v) is 11.8. The summed E-state index contributed by atoms with van der Waals surface area (Å²) in [6, 6.07) is 0. The molecule has 0 saturated carbocycles. The highest BCUT2D eigenvalue weighted by Crippen LogP contribution is 2.21. The third kappa shape index (κ3) is 24.4. The van der Waals surface area contributed by atoms with E-state index in [9.17, 15) is 4.79 Å². The van der Waals surface area contributed by atoms with Gasteiger partial charge in [0.1, 0.15) is 0 Å². The van der Waals surface area contributed by atoms with Gasteiger partial charge in [0.25, 0.3) is 0 Å². The van der Waals surface area contributed by atoms with E-state index in [0.717, 1.165) is 25.9 Å². The number of unbranched alkanes of at least 4 members (excludes halogenated alkanes) is 18. The Morgan fingerprint density at radius 1 is 0.515 bits per heavy atom. The van der Waals surface area contributed by atoms with Crippen molar-refractivity contribution in [2.45, 2.75) is 176 Å². The van der Waals surface area contributed by atoms with Gasteiger partial charge in [-0.15, -0.1) is 0 Å². The van der Waals surface area contributed by atoms with Crippen LogP contribution in [0.1, 0.15) is 176 Å². The van der Waals surface area contributed by atoms with Crippen LogP contribution in [0.5, 0.6) is 0 Å². The first-order valence-electron chi connectivity index (χ1n) is 15.2. The van der Waals surface area contributed by atoms with E-state index in [1.54, 1.807) is 0 Å². The van der Waals surface area contributed by atoms with E-state index in [4.69, 9.17) is 0 Å². The van der Waals surface area contributed by atoms with Crippen molar-refractivity contribution in [2.24, 2.45) is 5.41 Å². The first-order valence-corrected chi connectivity index (χ1v) is 15.2. The molecule has 0 unspecified atom stereocenters. The molecule has 0 rings (SSSR count). The van der Waals surface area contributed by atoms with E-state index >= 15 is 0 Å². The van der Waals surface area contributed by atoms with Gasteiger partial charge < -0.3 is 4.90 Å². The molecule has 0 aliphatic carbocycles. The zero-order chi connectivity index (χ0) is 24.6. The summed E-state index contributed by atoms with van der Waals surface area (Å²) in [5.41, 5.74) is 0.246. The molecule has 0 aliphatic heterocycles. The van der Waals surface area contributed by atoms with Crippen LogP contribution in [0.3, 0.4) is 0 Å². The highest BCUT2D eigenvalue weighted by atomic mass is 16.2. The van der Waals surface area contributed by atoms with Gasteiger partial charge in [0.15, 0.2) is 0 Å². The molecule has 0 radical (unpaired) electrons. The van der Waals surface area contributed by atoms with Gasteiger partial charge in [0.2, 0.25) is 5.91 Å². The van der Waals surface area contributed by atoms with Crippen molar-refractivity contribution in [2.75, 3.05) is 13.1 Å². The minimum absolute atomic E-state index is 0.246. The van der Waals surface area contributed by atoms with Gasteiger partial charge >= 0.3 is 0 Å². The van der Waals surface area contributed by atoms with Crippen molar-refractivity contribution in [3.05, 3.63) is 0 Å². The molecule has 0 bridgehead atoms. The van der Waals surface area contributed by atoms with Crippen LogP contribution in [0.15, 0.2) is 0 Å². The van der Waals surface area contributed by atoms with E-state index in [0.29, 0.717) is 5.91 Å². The van der Waals surface area contributed by atoms with Crippen molar-refractivity contribution in [1.82, 2.24) is 4.90 Å². The smallest absolute Gasteiger partial charge is 0.222 e. The molecule has 198 valence electrons. The van der Waals surface area contributed by atoms with Gasteiger partial charge in [-0.25, -0.2) is 0 Å².